The highest BCUT2D eigenvalue weighted by atomic mass is 32.1. The minimum absolute atomic E-state index is 0.568. The maximum atomic E-state index is 9.49. The van der Waals surface area contributed by atoms with E-state index in [1.165, 1.54) is 11.3 Å². The Morgan fingerprint density at radius 2 is 1.83 bits per heavy atom. The van der Waals surface area contributed by atoms with E-state index in [9.17, 15) is 5.26 Å². The molecule has 0 N–H and O–H groups in total. The molecule has 0 atom stereocenters. The van der Waals surface area contributed by atoms with Gasteiger partial charge in [0.2, 0.25) is 0 Å². The highest BCUT2D eigenvalue weighted by molar-refractivity contribution is 7.11. The van der Waals surface area contributed by atoms with E-state index in [1.807, 2.05) is 66.8 Å². The third kappa shape index (κ3) is 3.50. The summed E-state index contributed by atoms with van der Waals surface area (Å²) in [6.45, 7) is 0. The summed E-state index contributed by atoms with van der Waals surface area (Å²) in [5, 5.41) is 12.2. The summed E-state index contributed by atoms with van der Waals surface area (Å²) in [5.74, 6) is 0. The summed E-state index contributed by atoms with van der Waals surface area (Å²) >= 11 is 1.47. The molecule has 0 aliphatic carbocycles. The van der Waals surface area contributed by atoms with Gasteiger partial charge in [0.25, 0.3) is 0 Å². The van der Waals surface area contributed by atoms with Crippen molar-refractivity contribution in [1.82, 2.24) is 9.97 Å². The topological polar surface area (TPSA) is 52.8 Å². The van der Waals surface area contributed by atoms with E-state index in [0.717, 1.165) is 27.5 Å². The highest BCUT2D eigenvalue weighted by Crippen LogP contribution is 2.27. The van der Waals surface area contributed by atoms with Crippen LogP contribution in [0, 0.1) is 11.3 Å². The fourth-order valence-electron chi connectivity index (χ4n) is 2.23. The number of aromatic nitrogens is 2. The quantitative estimate of drug-likeness (QED) is 0.667. The van der Waals surface area contributed by atoms with Crippen LogP contribution in [-0.4, -0.2) is 24.1 Å². The molecule has 118 valence electrons. The molecule has 5 heteroatoms. The lowest BCUT2D eigenvalue weighted by atomic mass is 10.1. The normalized spacial score (nSPS) is 11.1. The number of nitriles is 1. The molecule has 0 spiro atoms. The minimum atomic E-state index is 0.568. The first-order chi connectivity index (χ1) is 11.7. The van der Waals surface area contributed by atoms with Crippen LogP contribution in [0.25, 0.3) is 22.9 Å². The van der Waals surface area contributed by atoms with Gasteiger partial charge in [0.05, 0.1) is 11.3 Å². The first-order valence-corrected chi connectivity index (χ1v) is 8.31. The Kier molecular flexibility index (Phi) is 4.69. The van der Waals surface area contributed by atoms with Gasteiger partial charge in [0.15, 0.2) is 0 Å². The van der Waals surface area contributed by atoms with Crippen molar-refractivity contribution in [3.8, 4) is 17.3 Å². The highest BCUT2D eigenvalue weighted by Gasteiger charge is 2.09. The monoisotopic (exact) mass is 332 g/mol. The van der Waals surface area contributed by atoms with Gasteiger partial charge in [-0.15, -0.1) is 11.3 Å². The van der Waals surface area contributed by atoms with Gasteiger partial charge in [-0.05, 0) is 35.9 Å². The van der Waals surface area contributed by atoms with Gasteiger partial charge in [-0.2, -0.15) is 5.26 Å². The average Bonchev–Trinajstić information content (AvgIpc) is 3.11. The number of hydrogen-bond acceptors (Lipinski definition) is 5. The zero-order valence-electron chi connectivity index (χ0n) is 13.5. The average molecular weight is 332 g/mol. The summed E-state index contributed by atoms with van der Waals surface area (Å²) in [5.41, 5.74) is 4.54. The molecule has 0 aliphatic rings. The first-order valence-electron chi connectivity index (χ1n) is 7.43. The summed E-state index contributed by atoms with van der Waals surface area (Å²) in [6, 6.07) is 14.2. The molecule has 2 heterocycles. The fraction of sp³-hybridized carbons (Fsp3) is 0.105. The van der Waals surface area contributed by atoms with Gasteiger partial charge in [0.1, 0.15) is 11.1 Å². The van der Waals surface area contributed by atoms with Crippen molar-refractivity contribution in [3.63, 3.8) is 0 Å². The molecule has 1 aromatic carbocycles. The molecule has 2 aromatic heterocycles. The first kappa shape index (κ1) is 15.9. The fourth-order valence-corrected chi connectivity index (χ4v) is 3.02. The molecule has 24 heavy (non-hydrogen) atoms. The molecular formula is C19H16N4S. The molecule has 0 radical (unpaired) electrons. The Balaban J connectivity index is 1.89. The van der Waals surface area contributed by atoms with Crippen LogP contribution in [0.15, 0.2) is 54.2 Å². The predicted molar refractivity (Wildman–Crippen MR) is 99.6 cm³/mol. The number of thiazole rings is 1. The number of hydrogen-bond donors (Lipinski definition) is 0. The van der Waals surface area contributed by atoms with E-state index >= 15 is 0 Å². The Bertz CT molecular complexity index is 887. The Labute approximate surface area is 145 Å². The standard InChI is InChI=1S/C19H16N4S/c1-23(2)17-5-3-14(4-6-17)11-16(12-20)19-22-18(13-24-19)15-7-9-21-10-8-15/h3-11,13H,1-2H3/b16-11+. The van der Waals surface area contributed by atoms with Gasteiger partial charge in [-0.1, -0.05) is 12.1 Å². The Morgan fingerprint density at radius 3 is 2.46 bits per heavy atom. The SMILES string of the molecule is CN(C)c1ccc(/C=C(\C#N)c2nc(-c3ccncc3)cs2)cc1. The number of allylic oxidation sites excluding steroid dienone is 1. The van der Waals surface area contributed by atoms with E-state index < -0.39 is 0 Å². The molecule has 0 fully saturated rings. The summed E-state index contributed by atoms with van der Waals surface area (Å²) in [6.07, 6.45) is 5.35. The second-order valence-corrected chi connectivity index (χ2v) is 6.29. The third-order valence-electron chi connectivity index (χ3n) is 3.55. The second kappa shape index (κ2) is 7.07. The summed E-state index contributed by atoms with van der Waals surface area (Å²) < 4.78 is 0. The number of anilines is 1. The third-order valence-corrected chi connectivity index (χ3v) is 4.43. The molecule has 0 bridgehead atoms. The molecule has 0 aliphatic heterocycles. The van der Waals surface area contributed by atoms with Gasteiger partial charge in [-0.3, -0.25) is 4.98 Å². The van der Waals surface area contributed by atoms with Crippen molar-refractivity contribution >= 4 is 28.7 Å². The summed E-state index contributed by atoms with van der Waals surface area (Å²) in [4.78, 5) is 10.6. The lowest BCUT2D eigenvalue weighted by Gasteiger charge is -2.11. The molecule has 3 rings (SSSR count). The van der Waals surface area contributed by atoms with Crippen molar-refractivity contribution in [2.24, 2.45) is 0 Å². The lowest BCUT2D eigenvalue weighted by molar-refractivity contribution is 1.13. The van der Waals surface area contributed by atoms with Crippen LogP contribution in [0.4, 0.5) is 5.69 Å². The second-order valence-electron chi connectivity index (χ2n) is 5.43. The van der Waals surface area contributed by atoms with E-state index in [1.54, 1.807) is 12.4 Å². The molecule has 4 nitrogen and oxygen atoms in total. The number of pyridine rings is 1. The van der Waals surface area contributed by atoms with E-state index in [4.69, 9.17) is 0 Å². The van der Waals surface area contributed by atoms with Crippen molar-refractivity contribution in [2.75, 3.05) is 19.0 Å². The Morgan fingerprint density at radius 1 is 1.12 bits per heavy atom. The molecule has 0 saturated heterocycles. The number of benzene rings is 1. The molecular weight excluding hydrogens is 316 g/mol. The lowest BCUT2D eigenvalue weighted by Crippen LogP contribution is -2.07. The molecule has 0 amide bonds. The minimum Gasteiger partial charge on any atom is -0.378 e. The largest absolute Gasteiger partial charge is 0.378 e. The number of rotatable bonds is 4. The van der Waals surface area contributed by atoms with Crippen molar-refractivity contribution in [1.29, 1.82) is 5.26 Å². The van der Waals surface area contributed by atoms with E-state index in [2.05, 4.69) is 16.0 Å². The number of nitrogens with zero attached hydrogens (tertiary/aromatic N) is 4. The smallest absolute Gasteiger partial charge is 0.134 e. The van der Waals surface area contributed by atoms with Gasteiger partial charge in [-0.25, -0.2) is 4.98 Å². The summed E-state index contributed by atoms with van der Waals surface area (Å²) in [7, 11) is 4.00. The molecule has 0 unspecified atom stereocenters. The van der Waals surface area contributed by atoms with Crippen molar-refractivity contribution in [2.45, 2.75) is 0 Å². The molecule has 0 saturated carbocycles. The van der Waals surface area contributed by atoms with Crippen LogP contribution >= 0.6 is 11.3 Å². The maximum Gasteiger partial charge on any atom is 0.134 e. The van der Waals surface area contributed by atoms with Crippen LogP contribution in [0.3, 0.4) is 0 Å². The Hall–Kier alpha value is -2.97. The van der Waals surface area contributed by atoms with Crippen LogP contribution in [-0.2, 0) is 0 Å². The molecule has 3 aromatic rings. The van der Waals surface area contributed by atoms with Crippen LogP contribution in [0.5, 0.6) is 0 Å². The van der Waals surface area contributed by atoms with Crippen LogP contribution in [0.2, 0.25) is 0 Å². The predicted octanol–water partition coefficient (Wildman–Crippen LogP) is 4.34. The van der Waals surface area contributed by atoms with Gasteiger partial charge >= 0.3 is 0 Å². The zero-order valence-corrected chi connectivity index (χ0v) is 14.3. The van der Waals surface area contributed by atoms with Crippen molar-refractivity contribution in [3.05, 3.63) is 64.7 Å². The maximum absolute atomic E-state index is 9.49. The van der Waals surface area contributed by atoms with Crippen LogP contribution < -0.4 is 4.90 Å². The van der Waals surface area contributed by atoms with Crippen LogP contribution in [0.1, 0.15) is 10.6 Å². The van der Waals surface area contributed by atoms with E-state index in [0.29, 0.717) is 5.57 Å². The van der Waals surface area contributed by atoms with Gasteiger partial charge < -0.3 is 4.90 Å². The van der Waals surface area contributed by atoms with Crippen molar-refractivity contribution < 1.29 is 0 Å². The van der Waals surface area contributed by atoms with E-state index in [-0.39, 0.29) is 0 Å². The zero-order chi connectivity index (χ0) is 16.9. The van der Waals surface area contributed by atoms with Gasteiger partial charge in [0, 0.05) is 43.1 Å².